The third-order valence-electron chi connectivity index (χ3n) is 5.74. The van der Waals surface area contributed by atoms with Crippen molar-refractivity contribution in [3.05, 3.63) is 71.8 Å². The maximum Gasteiger partial charge on any atom is 0.429 e. The molecule has 2 aromatic carbocycles. The molecule has 0 saturated carbocycles. The molecule has 4 rings (SSSR count). The zero-order chi connectivity index (χ0) is 23.8. The van der Waals surface area contributed by atoms with Crippen molar-refractivity contribution in [3.8, 4) is 0 Å². The summed E-state index contributed by atoms with van der Waals surface area (Å²) in [6.45, 7) is 2.71. The van der Waals surface area contributed by atoms with E-state index in [2.05, 4.69) is 0 Å². The number of esters is 1. The van der Waals surface area contributed by atoms with Gasteiger partial charge in [-0.1, -0.05) is 60.7 Å². The van der Waals surface area contributed by atoms with Gasteiger partial charge >= 0.3 is 18.1 Å². The topological polar surface area (TPSA) is 88.6 Å². The van der Waals surface area contributed by atoms with Gasteiger partial charge in [-0.2, -0.15) is 0 Å². The van der Waals surface area contributed by atoms with Crippen LogP contribution < -0.4 is 0 Å². The highest BCUT2D eigenvalue weighted by Gasteiger charge is 2.37. The number of rotatable bonds is 6. The number of hydrogen-bond donors (Lipinski definition) is 0. The van der Waals surface area contributed by atoms with E-state index >= 15 is 0 Å². The number of nitrogens with zero attached hydrogens (tertiary/aromatic N) is 3. The summed E-state index contributed by atoms with van der Waals surface area (Å²) in [6, 6.07) is 18.3. The van der Waals surface area contributed by atoms with Gasteiger partial charge in [-0.3, -0.25) is 0 Å². The summed E-state index contributed by atoms with van der Waals surface area (Å²) in [5.41, 5.74) is 1.67. The lowest BCUT2D eigenvalue weighted by atomic mass is 10.1. The fourth-order valence-electron chi connectivity index (χ4n) is 3.92. The van der Waals surface area contributed by atoms with Crippen molar-refractivity contribution in [2.24, 2.45) is 0 Å². The van der Waals surface area contributed by atoms with Crippen LogP contribution in [-0.2, 0) is 32.0 Å². The maximum absolute atomic E-state index is 13.1. The molecule has 0 radical (unpaired) electrons. The molecule has 9 nitrogen and oxygen atoms in total. The number of urea groups is 1. The van der Waals surface area contributed by atoms with Crippen LogP contribution >= 0.6 is 0 Å². The van der Waals surface area contributed by atoms with Crippen LogP contribution in [0.5, 0.6) is 0 Å². The van der Waals surface area contributed by atoms with Gasteiger partial charge in [-0.25, -0.2) is 24.4 Å². The summed E-state index contributed by atoms with van der Waals surface area (Å²) in [5.74, 6) is -0.633. The molecule has 0 N–H and O–H groups in total. The van der Waals surface area contributed by atoms with E-state index in [9.17, 15) is 14.4 Å². The Balaban J connectivity index is 1.43. The van der Waals surface area contributed by atoms with E-state index in [4.69, 9.17) is 14.2 Å². The standard InChI is InChI=1S/C25H29N3O6/c29-23(33-19-21-10-5-2-6-11-21)22(18-20-8-3-1-4-9-20)34-25(31)28-13-7-12-27(28)24(30)26-14-16-32-17-15-26/h1-6,8-11,22H,7,12-19H2. The molecule has 180 valence electrons. The van der Waals surface area contributed by atoms with Gasteiger partial charge in [-0.05, 0) is 17.5 Å². The number of carbonyl (C=O) groups excluding carboxylic acids is 3. The lowest BCUT2D eigenvalue weighted by Gasteiger charge is -2.34. The summed E-state index contributed by atoms with van der Waals surface area (Å²) in [6.07, 6.45) is -1.07. The highest BCUT2D eigenvalue weighted by molar-refractivity contribution is 5.81. The van der Waals surface area contributed by atoms with Crippen LogP contribution in [0.2, 0.25) is 0 Å². The van der Waals surface area contributed by atoms with Gasteiger partial charge in [0.1, 0.15) is 6.61 Å². The SMILES string of the molecule is O=C(OCc1ccccc1)C(Cc1ccccc1)OC(=O)N1CCCN1C(=O)N1CCOCC1. The van der Waals surface area contributed by atoms with Crippen molar-refractivity contribution in [1.29, 1.82) is 0 Å². The molecule has 0 aliphatic carbocycles. The van der Waals surface area contributed by atoms with Crippen LogP contribution in [0, 0.1) is 0 Å². The Hall–Kier alpha value is -3.59. The zero-order valence-corrected chi connectivity index (χ0v) is 19.0. The molecule has 2 aliphatic heterocycles. The Labute approximate surface area is 198 Å². The molecule has 1 unspecified atom stereocenters. The Kier molecular flexibility index (Phi) is 7.98. The second kappa shape index (κ2) is 11.5. The Morgan fingerprint density at radius 1 is 0.824 bits per heavy atom. The average Bonchev–Trinajstić information content (AvgIpc) is 3.38. The quantitative estimate of drug-likeness (QED) is 0.607. The van der Waals surface area contributed by atoms with E-state index in [1.165, 1.54) is 10.0 Å². The van der Waals surface area contributed by atoms with Crippen molar-refractivity contribution in [3.63, 3.8) is 0 Å². The lowest BCUT2D eigenvalue weighted by molar-refractivity contribution is -0.156. The van der Waals surface area contributed by atoms with Crippen molar-refractivity contribution in [2.75, 3.05) is 39.4 Å². The molecular formula is C25H29N3O6. The van der Waals surface area contributed by atoms with Crippen molar-refractivity contribution in [2.45, 2.75) is 25.6 Å². The minimum atomic E-state index is -1.14. The summed E-state index contributed by atoms with van der Waals surface area (Å²) in [4.78, 5) is 40.6. The van der Waals surface area contributed by atoms with Crippen molar-refractivity contribution >= 4 is 18.1 Å². The van der Waals surface area contributed by atoms with Gasteiger partial charge in [0.25, 0.3) is 0 Å². The van der Waals surface area contributed by atoms with Gasteiger partial charge in [-0.15, -0.1) is 0 Å². The first-order valence-electron chi connectivity index (χ1n) is 11.5. The van der Waals surface area contributed by atoms with Gasteiger partial charge in [0.2, 0.25) is 6.10 Å². The van der Waals surface area contributed by atoms with Gasteiger partial charge in [0, 0.05) is 32.6 Å². The predicted octanol–water partition coefficient (Wildman–Crippen LogP) is 2.85. The van der Waals surface area contributed by atoms with Gasteiger partial charge < -0.3 is 19.1 Å². The van der Waals surface area contributed by atoms with Crippen LogP contribution in [0.1, 0.15) is 17.5 Å². The fourth-order valence-corrected chi connectivity index (χ4v) is 3.92. The average molecular weight is 468 g/mol. The van der Waals surface area contributed by atoms with E-state index in [1.807, 2.05) is 60.7 Å². The molecule has 3 amide bonds. The van der Waals surface area contributed by atoms with E-state index in [0.717, 1.165) is 11.1 Å². The molecule has 34 heavy (non-hydrogen) atoms. The van der Waals surface area contributed by atoms with Crippen LogP contribution in [0.25, 0.3) is 0 Å². The zero-order valence-electron chi connectivity index (χ0n) is 19.0. The lowest BCUT2D eigenvalue weighted by Crippen LogP contribution is -2.54. The molecule has 2 aromatic rings. The molecule has 1 atom stereocenters. The predicted molar refractivity (Wildman–Crippen MR) is 122 cm³/mol. The Morgan fingerprint density at radius 3 is 2.12 bits per heavy atom. The number of hydrogen-bond acceptors (Lipinski definition) is 6. The van der Waals surface area contributed by atoms with E-state index < -0.39 is 18.2 Å². The van der Waals surface area contributed by atoms with E-state index in [0.29, 0.717) is 45.8 Å². The summed E-state index contributed by atoms with van der Waals surface area (Å²) in [7, 11) is 0. The molecule has 2 heterocycles. The number of hydrazine groups is 1. The molecule has 2 saturated heterocycles. The third kappa shape index (κ3) is 6.05. The van der Waals surface area contributed by atoms with Crippen LogP contribution in [0.3, 0.4) is 0 Å². The molecule has 0 aromatic heterocycles. The van der Waals surface area contributed by atoms with E-state index in [-0.39, 0.29) is 19.1 Å². The van der Waals surface area contributed by atoms with E-state index in [1.54, 1.807) is 4.90 Å². The van der Waals surface area contributed by atoms with Crippen LogP contribution in [0.4, 0.5) is 9.59 Å². The number of morpholine rings is 1. The molecule has 2 fully saturated rings. The van der Waals surface area contributed by atoms with Crippen molar-refractivity contribution < 1.29 is 28.6 Å². The largest absolute Gasteiger partial charge is 0.458 e. The van der Waals surface area contributed by atoms with Gasteiger partial charge in [0.05, 0.1) is 13.2 Å². The fraction of sp³-hybridized carbons (Fsp3) is 0.400. The normalized spacial score (nSPS) is 16.8. The maximum atomic E-state index is 13.1. The minimum Gasteiger partial charge on any atom is -0.458 e. The Bertz CT molecular complexity index is 965. The second-order valence-corrected chi connectivity index (χ2v) is 8.14. The Morgan fingerprint density at radius 2 is 1.44 bits per heavy atom. The second-order valence-electron chi connectivity index (χ2n) is 8.14. The summed E-state index contributed by atoms with van der Waals surface area (Å²) >= 11 is 0. The number of benzene rings is 2. The number of carbonyl (C=O) groups is 3. The number of amides is 3. The molecule has 0 spiro atoms. The first kappa shape index (κ1) is 23.6. The molecule has 0 bridgehead atoms. The molecular weight excluding hydrogens is 438 g/mol. The first-order chi connectivity index (χ1) is 16.6. The van der Waals surface area contributed by atoms with Crippen LogP contribution in [-0.4, -0.2) is 78.5 Å². The third-order valence-corrected chi connectivity index (χ3v) is 5.74. The smallest absolute Gasteiger partial charge is 0.429 e. The molecule has 9 heteroatoms. The van der Waals surface area contributed by atoms with Crippen LogP contribution in [0.15, 0.2) is 60.7 Å². The molecule has 2 aliphatic rings. The highest BCUT2D eigenvalue weighted by Crippen LogP contribution is 2.18. The minimum absolute atomic E-state index is 0.0773. The van der Waals surface area contributed by atoms with Crippen molar-refractivity contribution in [1.82, 2.24) is 14.9 Å². The summed E-state index contributed by atoms with van der Waals surface area (Å²) in [5, 5.41) is 2.67. The first-order valence-corrected chi connectivity index (χ1v) is 11.5. The number of ether oxygens (including phenoxy) is 3. The van der Waals surface area contributed by atoms with Gasteiger partial charge in [0.15, 0.2) is 0 Å². The summed E-state index contributed by atoms with van der Waals surface area (Å²) < 4.78 is 16.4. The monoisotopic (exact) mass is 467 g/mol. The highest BCUT2D eigenvalue weighted by atomic mass is 16.6.